The normalized spacial score (nSPS) is 15.1. The predicted octanol–water partition coefficient (Wildman–Crippen LogP) is 4.44. The van der Waals surface area contributed by atoms with E-state index in [1.807, 2.05) is 25.1 Å². The van der Waals surface area contributed by atoms with E-state index in [9.17, 15) is 8.42 Å². The van der Waals surface area contributed by atoms with Crippen molar-refractivity contribution >= 4 is 38.7 Å². The van der Waals surface area contributed by atoms with Crippen molar-refractivity contribution in [1.82, 2.24) is 8.87 Å². The van der Waals surface area contributed by atoms with Gasteiger partial charge in [-0.3, -0.25) is 0 Å². The average molecular weight is 477 g/mol. The number of aromatic nitrogens is 1. The van der Waals surface area contributed by atoms with Crippen LogP contribution >= 0.6 is 11.6 Å². The van der Waals surface area contributed by atoms with E-state index < -0.39 is 10.0 Å². The van der Waals surface area contributed by atoms with Crippen molar-refractivity contribution in [3.8, 4) is 5.75 Å². The summed E-state index contributed by atoms with van der Waals surface area (Å²) in [6, 6.07) is 12.9. The molecule has 1 fully saturated rings. The van der Waals surface area contributed by atoms with E-state index >= 15 is 0 Å². The van der Waals surface area contributed by atoms with Gasteiger partial charge in [0.05, 0.1) is 11.5 Å². The number of aryl methyl sites for hydroxylation is 1. The van der Waals surface area contributed by atoms with Gasteiger partial charge in [-0.05, 0) is 74.7 Å². The number of halogens is 1. The third-order valence-electron chi connectivity index (χ3n) is 5.58. The third kappa shape index (κ3) is 5.05. The van der Waals surface area contributed by atoms with Gasteiger partial charge in [-0.1, -0.05) is 11.6 Å². The Labute approximate surface area is 192 Å². The minimum atomic E-state index is -3.49. The number of nitrogens with zero attached hydrogens (tertiary/aromatic N) is 2. The highest BCUT2D eigenvalue weighted by atomic mass is 35.5. The maximum atomic E-state index is 13.0. The van der Waals surface area contributed by atoms with Crippen molar-refractivity contribution in [2.45, 2.75) is 37.6 Å². The summed E-state index contributed by atoms with van der Waals surface area (Å²) >= 11 is 6.15. The number of fused-ring (bicyclic) bond motifs is 1. The van der Waals surface area contributed by atoms with Crippen LogP contribution in [0.1, 0.15) is 31.4 Å². The first-order chi connectivity index (χ1) is 15.3. The molecule has 0 radical (unpaired) electrons. The van der Waals surface area contributed by atoms with Crippen molar-refractivity contribution in [3.63, 3.8) is 0 Å². The Balaban J connectivity index is 0.000000913. The van der Waals surface area contributed by atoms with Crippen LogP contribution in [0.4, 0.5) is 0 Å². The molecule has 3 aromatic rings. The first-order valence-electron chi connectivity index (χ1n) is 10.3. The SMILES string of the molecule is CCOc1ccc(S(=O)(=O)N2CCC(n3cc(C)c4cc(Cl)ccc43)CC2)cc1.O=C=O. The summed E-state index contributed by atoms with van der Waals surface area (Å²) in [7, 11) is -3.49. The Kier molecular flexibility index (Phi) is 7.74. The monoisotopic (exact) mass is 476 g/mol. The summed E-state index contributed by atoms with van der Waals surface area (Å²) < 4.78 is 35.3. The summed E-state index contributed by atoms with van der Waals surface area (Å²) in [4.78, 5) is 16.6. The lowest BCUT2D eigenvalue weighted by atomic mass is 10.1. The third-order valence-corrected chi connectivity index (χ3v) is 7.73. The molecule has 7 nitrogen and oxygen atoms in total. The Hall–Kier alpha value is -2.64. The van der Waals surface area contributed by atoms with E-state index in [-0.39, 0.29) is 12.2 Å². The molecule has 0 bridgehead atoms. The van der Waals surface area contributed by atoms with Gasteiger partial charge in [0.15, 0.2) is 0 Å². The van der Waals surface area contributed by atoms with Crippen LogP contribution in [0.2, 0.25) is 5.02 Å². The molecule has 0 spiro atoms. The first-order valence-corrected chi connectivity index (χ1v) is 12.1. The summed E-state index contributed by atoms with van der Waals surface area (Å²) in [5.74, 6) is 0.681. The molecule has 1 saturated heterocycles. The van der Waals surface area contributed by atoms with Crippen LogP contribution < -0.4 is 4.74 Å². The molecule has 9 heteroatoms. The molecule has 2 aromatic carbocycles. The van der Waals surface area contributed by atoms with Crippen LogP contribution in [0.25, 0.3) is 10.9 Å². The van der Waals surface area contributed by atoms with Gasteiger partial charge in [-0.2, -0.15) is 13.9 Å². The van der Waals surface area contributed by atoms with Crippen molar-refractivity contribution in [2.75, 3.05) is 19.7 Å². The Bertz CT molecular complexity index is 1210. The Morgan fingerprint density at radius 1 is 1.09 bits per heavy atom. The second-order valence-electron chi connectivity index (χ2n) is 7.50. The van der Waals surface area contributed by atoms with Gasteiger partial charge in [0.1, 0.15) is 5.75 Å². The summed E-state index contributed by atoms with van der Waals surface area (Å²) in [5.41, 5.74) is 2.34. The van der Waals surface area contributed by atoms with Crippen LogP contribution in [0.15, 0.2) is 53.6 Å². The number of piperidine rings is 1. The highest BCUT2D eigenvalue weighted by molar-refractivity contribution is 7.89. The van der Waals surface area contributed by atoms with Gasteiger partial charge in [-0.15, -0.1) is 0 Å². The van der Waals surface area contributed by atoms with Gasteiger partial charge in [-0.25, -0.2) is 8.42 Å². The molecular formula is C23H25ClN2O5S. The number of sulfonamides is 1. The first kappa shape index (κ1) is 24.0. The predicted molar refractivity (Wildman–Crippen MR) is 121 cm³/mol. The maximum absolute atomic E-state index is 13.0. The van der Waals surface area contributed by atoms with Gasteiger partial charge in [0.25, 0.3) is 0 Å². The summed E-state index contributed by atoms with van der Waals surface area (Å²) in [6.45, 7) is 5.55. The topological polar surface area (TPSA) is 85.7 Å². The molecule has 0 unspecified atom stereocenters. The standard InChI is InChI=1S/C22H25ClN2O3S.CO2/c1-3-28-19-5-7-20(8-6-19)29(26,27)24-12-10-18(11-13-24)25-15-16(2)21-14-17(23)4-9-22(21)25;2-1-3/h4-9,14-15,18H,3,10-13H2,1-2H3;. The zero-order chi connectivity index (χ0) is 23.3. The summed E-state index contributed by atoms with van der Waals surface area (Å²) in [6.07, 6.45) is 3.96. The molecule has 0 atom stereocenters. The van der Waals surface area contributed by atoms with E-state index in [0.717, 1.165) is 28.8 Å². The molecule has 1 aliphatic rings. The van der Waals surface area contributed by atoms with Crippen molar-refractivity contribution in [1.29, 1.82) is 0 Å². The number of rotatable bonds is 5. The number of carbonyl (C=O) groups excluding carboxylic acids is 2. The fourth-order valence-electron chi connectivity index (χ4n) is 4.08. The smallest absolute Gasteiger partial charge is 0.373 e. The van der Waals surface area contributed by atoms with E-state index in [2.05, 4.69) is 17.7 Å². The number of hydrogen-bond acceptors (Lipinski definition) is 5. The second kappa shape index (κ2) is 10.3. The van der Waals surface area contributed by atoms with Gasteiger partial charge in [0, 0.05) is 41.3 Å². The molecule has 1 aliphatic heterocycles. The molecular weight excluding hydrogens is 452 g/mol. The van der Waals surface area contributed by atoms with E-state index in [4.69, 9.17) is 25.9 Å². The molecule has 0 amide bonds. The highest BCUT2D eigenvalue weighted by Crippen LogP contribution is 2.33. The largest absolute Gasteiger partial charge is 0.494 e. The highest BCUT2D eigenvalue weighted by Gasteiger charge is 2.30. The second-order valence-corrected chi connectivity index (χ2v) is 9.88. The van der Waals surface area contributed by atoms with E-state index in [1.54, 1.807) is 28.6 Å². The van der Waals surface area contributed by atoms with E-state index in [1.165, 1.54) is 5.56 Å². The van der Waals surface area contributed by atoms with Gasteiger partial charge >= 0.3 is 6.15 Å². The number of hydrogen-bond donors (Lipinski definition) is 0. The molecule has 0 aliphatic carbocycles. The van der Waals surface area contributed by atoms with Gasteiger partial charge < -0.3 is 9.30 Å². The maximum Gasteiger partial charge on any atom is 0.373 e. The van der Waals surface area contributed by atoms with Crippen LogP contribution in [0.5, 0.6) is 5.75 Å². The lowest BCUT2D eigenvalue weighted by Gasteiger charge is -2.32. The Morgan fingerprint density at radius 3 is 2.31 bits per heavy atom. The molecule has 32 heavy (non-hydrogen) atoms. The lowest BCUT2D eigenvalue weighted by molar-refractivity contribution is -0.191. The molecule has 4 rings (SSSR count). The zero-order valence-corrected chi connectivity index (χ0v) is 19.5. The van der Waals surface area contributed by atoms with Crippen molar-refractivity contribution in [3.05, 3.63) is 59.2 Å². The van der Waals surface area contributed by atoms with Crippen molar-refractivity contribution < 1.29 is 22.7 Å². The molecule has 0 saturated carbocycles. The molecule has 2 heterocycles. The van der Waals surface area contributed by atoms with E-state index in [0.29, 0.717) is 30.3 Å². The summed E-state index contributed by atoms with van der Waals surface area (Å²) in [5, 5.41) is 1.89. The number of benzene rings is 2. The molecule has 0 N–H and O–H groups in total. The Morgan fingerprint density at radius 2 is 1.72 bits per heavy atom. The van der Waals surface area contributed by atoms with Gasteiger partial charge in [0.2, 0.25) is 10.0 Å². The minimum absolute atomic E-state index is 0.250. The fraction of sp³-hybridized carbons (Fsp3) is 0.348. The van der Waals surface area contributed by atoms with Crippen molar-refractivity contribution in [2.24, 2.45) is 0 Å². The van der Waals surface area contributed by atoms with Crippen LogP contribution in [0, 0.1) is 6.92 Å². The number of ether oxygens (including phenoxy) is 1. The molecule has 1 aromatic heterocycles. The van der Waals surface area contributed by atoms with Crippen LogP contribution in [-0.4, -0.2) is 43.1 Å². The van der Waals surface area contributed by atoms with Crippen LogP contribution in [-0.2, 0) is 19.6 Å². The molecule has 170 valence electrons. The fourth-order valence-corrected chi connectivity index (χ4v) is 5.73. The average Bonchev–Trinajstić information content (AvgIpc) is 3.11. The minimum Gasteiger partial charge on any atom is -0.494 e. The quantitative estimate of drug-likeness (QED) is 0.543. The lowest BCUT2D eigenvalue weighted by Crippen LogP contribution is -2.38. The zero-order valence-electron chi connectivity index (χ0n) is 18.0. The van der Waals surface area contributed by atoms with Crippen LogP contribution in [0.3, 0.4) is 0 Å².